The lowest BCUT2D eigenvalue weighted by atomic mass is 10.2. The number of nitrogens with one attached hydrogen (secondary N) is 2. The molecule has 1 heterocycles. The lowest BCUT2D eigenvalue weighted by Crippen LogP contribution is -2.30. The van der Waals surface area contributed by atoms with E-state index in [4.69, 9.17) is 11.6 Å². The SMILES string of the molecule is CC1CCC(=O)N1Cc1ccc(NC(=O)NCc2ccc(Cl)cc2)cc1. The maximum absolute atomic E-state index is 12.0. The summed E-state index contributed by atoms with van der Waals surface area (Å²) >= 11 is 5.84. The molecule has 1 fully saturated rings. The van der Waals surface area contributed by atoms with Gasteiger partial charge in [-0.15, -0.1) is 0 Å². The minimum Gasteiger partial charge on any atom is -0.336 e. The van der Waals surface area contributed by atoms with Gasteiger partial charge in [-0.05, 0) is 48.7 Å². The molecule has 5 nitrogen and oxygen atoms in total. The van der Waals surface area contributed by atoms with Crippen molar-refractivity contribution in [3.63, 3.8) is 0 Å². The Morgan fingerprint density at radius 3 is 2.38 bits per heavy atom. The number of benzene rings is 2. The number of urea groups is 1. The van der Waals surface area contributed by atoms with Crippen molar-refractivity contribution in [2.75, 3.05) is 5.32 Å². The van der Waals surface area contributed by atoms with Crippen molar-refractivity contribution in [3.05, 3.63) is 64.7 Å². The van der Waals surface area contributed by atoms with Gasteiger partial charge in [0.05, 0.1) is 0 Å². The molecule has 6 heteroatoms. The fraction of sp³-hybridized carbons (Fsp3) is 0.300. The second kappa shape index (κ2) is 8.23. The normalized spacial score (nSPS) is 16.6. The smallest absolute Gasteiger partial charge is 0.319 e. The highest BCUT2D eigenvalue weighted by Gasteiger charge is 2.27. The fourth-order valence-corrected chi connectivity index (χ4v) is 3.10. The van der Waals surface area contributed by atoms with Gasteiger partial charge in [0.2, 0.25) is 5.91 Å². The summed E-state index contributed by atoms with van der Waals surface area (Å²) in [5, 5.41) is 6.28. The second-order valence-electron chi connectivity index (χ2n) is 6.54. The number of carbonyl (C=O) groups excluding carboxylic acids is 2. The molecule has 0 spiro atoms. The van der Waals surface area contributed by atoms with Gasteiger partial charge < -0.3 is 15.5 Å². The Balaban J connectivity index is 1.49. The van der Waals surface area contributed by atoms with Gasteiger partial charge in [0.15, 0.2) is 0 Å². The molecule has 2 aromatic carbocycles. The summed E-state index contributed by atoms with van der Waals surface area (Å²) in [5.74, 6) is 0.210. The number of anilines is 1. The van der Waals surface area contributed by atoms with Crippen molar-refractivity contribution in [1.29, 1.82) is 0 Å². The lowest BCUT2D eigenvalue weighted by molar-refractivity contribution is -0.129. The Hall–Kier alpha value is -2.53. The number of halogens is 1. The molecule has 0 bridgehead atoms. The van der Waals surface area contributed by atoms with E-state index in [1.807, 2.05) is 41.3 Å². The van der Waals surface area contributed by atoms with Crippen LogP contribution in [-0.4, -0.2) is 22.9 Å². The average molecular weight is 372 g/mol. The molecule has 1 atom stereocenters. The van der Waals surface area contributed by atoms with Crippen LogP contribution in [0.4, 0.5) is 10.5 Å². The third kappa shape index (κ3) is 4.76. The zero-order chi connectivity index (χ0) is 18.5. The largest absolute Gasteiger partial charge is 0.336 e. The van der Waals surface area contributed by atoms with Crippen LogP contribution in [0.1, 0.15) is 30.9 Å². The Kier molecular flexibility index (Phi) is 5.78. The van der Waals surface area contributed by atoms with Crippen LogP contribution >= 0.6 is 11.6 Å². The van der Waals surface area contributed by atoms with Crippen molar-refractivity contribution in [2.24, 2.45) is 0 Å². The molecule has 26 heavy (non-hydrogen) atoms. The molecule has 1 aliphatic heterocycles. The molecule has 0 aliphatic carbocycles. The van der Waals surface area contributed by atoms with E-state index < -0.39 is 0 Å². The Morgan fingerprint density at radius 2 is 1.77 bits per heavy atom. The second-order valence-corrected chi connectivity index (χ2v) is 6.98. The molecule has 1 saturated heterocycles. The maximum Gasteiger partial charge on any atom is 0.319 e. The Morgan fingerprint density at radius 1 is 1.12 bits per heavy atom. The first kappa shape index (κ1) is 18.3. The third-order valence-corrected chi connectivity index (χ3v) is 4.81. The fourth-order valence-electron chi connectivity index (χ4n) is 2.97. The van der Waals surface area contributed by atoms with Gasteiger partial charge >= 0.3 is 6.03 Å². The number of carbonyl (C=O) groups is 2. The van der Waals surface area contributed by atoms with E-state index >= 15 is 0 Å². The molecular formula is C20H22ClN3O2. The first-order valence-electron chi connectivity index (χ1n) is 8.69. The summed E-state index contributed by atoms with van der Waals surface area (Å²) in [6.07, 6.45) is 1.56. The van der Waals surface area contributed by atoms with Crippen molar-refractivity contribution >= 4 is 29.2 Å². The van der Waals surface area contributed by atoms with E-state index in [1.54, 1.807) is 12.1 Å². The van der Waals surface area contributed by atoms with Crippen LogP contribution < -0.4 is 10.6 Å². The van der Waals surface area contributed by atoms with Crippen molar-refractivity contribution in [1.82, 2.24) is 10.2 Å². The first-order chi connectivity index (χ1) is 12.5. The van der Waals surface area contributed by atoms with Crippen LogP contribution in [0.15, 0.2) is 48.5 Å². The summed E-state index contributed by atoms with van der Waals surface area (Å²) in [5.41, 5.74) is 2.74. The molecular weight excluding hydrogens is 350 g/mol. The Labute approximate surface area is 158 Å². The van der Waals surface area contributed by atoms with E-state index in [2.05, 4.69) is 17.6 Å². The van der Waals surface area contributed by atoms with Gasteiger partial charge in [0.25, 0.3) is 0 Å². The van der Waals surface area contributed by atoms with Crippen molar-refractivity contribution in [2.45, 2.75) is 38.9 Å². The van der Waals surface area contributed by atoms with Crippen LogP contribution in [0.2, 0.25) is 5.02 Å². The van der Waals surface area contributed by atoms with E-state index in [9.17, 15) is 9.59 Å². The topological polar surface area (TPSA) is 61.4 Å². The summed E-state index contributed by atoms with van der Waals surface area (Å²) < 4.78 is 0. The standard InChI is InChI=1S/C20H22ClN3O2/c1-14-2-11-19(25)24(14)13-16-5-9-18(10-6-16)23-20(26)22-12-15-3-7-17(21)8-4-15/h3-10,14H,2,11-13H2,1H3,(H2,22,23,26). The number of rotatable bonds is 5. The van der Waals surface area contributed by atoms with Crippen LogP contribution in [0.5, 0.6) is 0 Å². The van der Waals surface area contributed by atoms with Crippen molar-refractivity contribution < 1.29 is 9.59 Å². The highest BCUT2D eigenvalue weighted by Crippen LogP contribution is 2.21. The van der Waals surface area contributed by atoms with Gasteiger partial charge in [-0.1, -0.05) is 35.9 Å². The minimum absolute atomic E-state index is 0.210. The van der Waals surface area contributed by atoms with E-state index in [1.165, 1.54) is 0 Å². The van der Waals surface area contributed by atoms with Gasteiger partial charge in [-0.3, -0.25) is 4.79 Å². The van der Waals surface area contributed by atoms with Gasteiger partial charge in [-0.2, -0.15) is 0 Å². The minimum atomic E-state index is -0.268. The monoisotopic (exact) mass is 371 g/mol. The third-order valence-electron chi connectivity index (χ3n) is 4.56. The van der Waals surface area contributed by atoms with Crippen LogP contribution in [0, 0.1) is 0 Å². The molecule has 0 radical (unpaired) electrons. The molecule has 3 rings (SSSR count). The van der Waals surface area contributed by atoms with E-state index in [0.29, 0.717) is 36.3 Å². The summed E-state index contributed by atoms with van der Waals surface area (Å²) in [6, 6.07) is 14.9. The average Bonchev–Trinajstić information content (AvgIpc) is 2.95. The van der Waals surface area contributed by atoms with Crippen LogP contribution in [0.25, 0.3) is 0 Å². The van der Waals surface area contributed by atoms with Gasteiger partial charge in [0.1, 0.15) is 0 Å². The molecule has 3 amide bonds. The predicted molar refractivity (Wildman–Crippen MR) is 103 cm³/mol. The molecule has 136 valence electrons. The molecule has 2 aromatic rings. The summed E-state index contributed by atoms with van der Waals surface area (Å²) in [7, 11) is 0. The number of nitrogens with zero attached hydrogens (tertiary/aromatic N) is 1. The first-order valence-corrected chi connectivity index (χ1v) is 9.07. The van der Waals surface area contributed by atoms with Crippen LogP contribution in [-0.2, 0) is 17.9 Å². The highest BCUT2D eigenvalue weighted by atomic mass is 35.5. The van der Waals surface area contributed by atoms with Gasteiger partial charge in [-0.25, -0.2) is 4.79 Å². The molecule has 1 aliphatic rings. The van der Waals surface area contributed by atoms with Crippen LogP contribution in [0.3, 0.4) is 0 Å². The molecule has 1 unspecified atom stereocenters. The molecule has 2 N–H and O–H groups in total. The van der Waals surface area contributed by atoms with E-state index in [0.717, 1.165) is 17.5 Å². The lowest BCUT2D eigenvalue weighted by Gasteiger charge is -2.21. The summed E-state index contributed by atoms with van der Waals surface area (Å²) in [6.45, 7) is 3.12. The zero-order valence-corrected chi connectivity index (χ0v) is 15.4. The highest BCUT2D eigenvalue weighted by molar-refractivity contribution is 6.30. The quantitative estimate of drug-likeness (QED) is 0.828. The number of hydrogen-bond acceptors (Lipinski definition) is 2. The zero-order valence-electron chi connectivity index (χ0n) is 14.7. The molecule has 0 saturated carbocycles. The van der Waals surface area contributed by atoms with Crippen molar-refractivity contribution in [3.8, 4) is 0 Å². The maximum atomic E-state index is 12.0. The number of likely N-dealkylation sites (tertiary alicyclic amines) is 1. The van der Waals surface area contributed by atoms with E-state index in [-0.39, 0.29) is 11.9 Å². The number of hydrogen-bond donors (Lipinski definition) is 2. The Bertz CT molecular complexity index is 775. The summed E-state index contributed by atoms with van der Waals surface area (Å²) in [4.78, 5) is 25.8. The van der Waals surface area contributed by atoms with Gasteiger partial charge in [0, 0.05) is 36.3 Å². The molecule has 0 aromatic heterocycles. The number of amides is 3. The predicted octanol–water partition coefficient (Wildman–Crippen LogP) is 4.17.